The van der Waals surface area contributed by atoms with E-state index in [1.54, 1.807) is 0 Å². The zero-order valence-corrected chi connectivity index (χ0v) is 10.3. The average Bonchev–Trinajstić information content (AvgIpc) is 2.52. The summed E-state index contributed by atoms with van der Waals surface area (Å²) < 4.78 is 0. The molecule has 1 N–H and O–H groups in total. The summed E-state index contributed by atoms with van der Waals surface area (Å²) >= 11 is 0. The van der Waals surface area contributed by atoms with Crippen LogP contribution in [0.15, 0.2) is 0 Å². The van der Waals surface area contributed by atoms with Gasteiger partial charge in [-0.3, -0.25) is 0 Å². The van der Waals surface area contributed by atoms with Gasteiger partial charge in [0.25, 0.3) is 0 Å². The highest BCUT2D eigenvalue weighted by Gasteiger charge is 2.25. The van der Waals surface area contributed by atoms with Gasteiger partial charge in [0.2, 0.25) is 0 Å². The molecule has 1 nitrogen and oxygen atoms in total. The molecule has 0 aromatic rings. The van der Waals surface area contributed by atoms with Crippen LogP contribution >= 0.6 is 0 Å². The van der Waals surface area contributed by atoms with Crippen LogP contribution in [0.3, 0.4) is 0 Å². The summed E-state index contributed by atoms with van der Waals surface area (Å²) in [4.78, 5) is 0. The fraction of sp³-hybridized carbons (Fsp3) is 1.00. The van der Waals surface area contributed by atoms with Gasteiger partial charge >= 0.3 is 0 Å². The maximum absolute atomic E-state index is 3.50. The molecule has 0 spiro atoms. The number of hydrogen-bond donors (Lipinski definition) is 1. The fourth-order valence-corrected chi connectivity index (χ4v) is 2.77. The van der Waals surface area contributed by atoms with Crippen molar-refractivity contribution in [2.75, 3.05) is 13.1 Å². The fourth-order valence-electron chi connectivity index (χ4n) is 2.77. The molecule has 0 radical (unpaired) electrons. The van der Waals surface area contributed by atoms with Crippen LogP contribution in [-0.2, 0) is 0 Å². The van der Waals surface area contributed by atoms with Crippen LogP contribution in [0.2, 0.25) is 0 Å². The van der Waals surface area contributed by atoms with Crippen LogP contribution in [0.25, 0.3) is 0 Å². The van der Waals surface area contributed by atoms with Crippen LogP contribution < -0.4 is 5.32 Å². The van der Waals surface area contributed by atoms with E-state index in [1.165, 1.54) is 32.4 Å². The first kappa shape index (κ1) is 12.0. The molecule has 1 rings (SSSR count). The largest absolute Gasteiger partial charge is 0.316 e. The predicted octanol–water partition coefficient (Wildman–Crippen LogP) is 3.30. The number of hydrogen-bond acceptors (Lipinski definition) is 1. The maximum Gasteiger partial charge on any atom is -0.00174 e. The Morgan fingerprint density at radius 2 is 1.64 bits per heavy atom. The molecule has 1 heterocycles. The SMILES string of the molecule is CC(C)CC(CC(C)C)C1CCNC1. The first-order chi connectivity index (χ1) is 6.59. The molecular formula is C13H27N. The van der Waals surface area contributed by atoms with Gasteiger partial charge in [0, 0.05) is 0 Å². The molecule has 1 saturated heterocycles. The van der Waals surface area contributed by atoms with Gasteiger partial charge in [-0.1, -0.05) is 27.7 Å². The van der Waals surface area contributed by atoms with E-state index < -0.39 is 0 Å². The Hall–Kier alpha value is -0.0400. The van der Waals surface area contributed by atoms with E-state index in [-0.39, 0.29) is 0 Å². The highest BCUT2D eigenvalue weighted by atomic mass is 14.9. The summed E-state index contributed by atoms with van der Waals surface area (Å²) in [7, 11) is 0. The highest BCUT2D eigenvalue weighted by Crippen LogP contribution is 2.30. The minimum Gasteiger partial charge on any atom is -0.316 e. The lowest BCUT2D eigenvalue weighted by atomic mass is 9.80. The van der Waals surface area contributed by atoms with Gasteiger partial charge in [0.15, 0.2) is 0 Å². The zero-order chi connectivity index (χ0) is 10.6. The smallest absolute Gasteiger partial charge is 0.00174 e. The Morgan fingerprint density at radius 3 is 2.00 bits per heavy atom. The van der Waals surface area contributed by atoms with Crippen molar-refractivity contribution in [2.45, 2.75) is 47.0 Å². The van der Waals surface area contributed by atoms with Crippen molar-refractivity contribution >= 4 is 0 Å². The van der Waals surface area contributed by atoms with Crippen molar-refractivity contribution in [3.8, 4) is 0 Å². The molecule has 0 amide bonds. The van der Waals surface area contributed by atoms with Crippen molar-refractivity contribution in [3.63, 3.8) is 0 Å². The molecule has 0 aliphatic carbocycles. The minimum atomic E-state index is 0.861. The quantitative estimate of drug-likeness (QED) is 0.713. The van der Waals surface area contributed by atoms with E-state index in [1.807, 2.05) is 0 Å². The minimum absolute atomic E-state index is 0.861. The Morgan fingerprint density at radius 1 is 1.07 bits per heavy atom. The molecular weight excluding hydrogens is 170 g/mol. The molecule has 1 aliphatic heterocycles. The van der Waals surface area contributed by atoms with Crippen molar-refractivity contribution in [1.29, 1.82) is 0 Å². The molecule has 1 aliphatic rings. The van der Waals surface area contributed by atoms with Crippen molar-refractivity contribution in [2.24, 2.45) is 23.7 Å². The lowest BCUT2D eigenvalue weighted by Crippen LogP contribution is -2.21. The van der Waals surface area contributed by atoms with Gasteiger partial charge in [-0.05, 0) is 56.0 Å². The van der Waals surface area contributed by atoms with Gasteiger partial charge in [-0.15, -0.1) is 0 Å². The highest BCUT2D eigenvalue weighted by molar-refractivity contribution is 4.79. The zero-order valence-electron chi connectivity index (χ0n) is 10.3. The predicted molar refractivity (Wildman–Crippen MR) is 63.4 cm³/mol. The Balaban J connectivity index is 2.42. The first-order valence-corrected chi connectivity index (χ1v) is 6.30. The molecule has 84 valence electrons. The molecule has 0 saturated carbocycles. The summed E-state index contributed by atoms with van der Waals surface area (Å²) in [5.74, 6) is 3.64. The van der Waals surface area contributed by atoms with Crippen molar-refractivity contribution in [3.05, 3.63) is 0 Å². The summed E-state index contributed by atoms with van der Waals surface area (Å²) in [6.07, 6.45) is 4.25. The van der Waals surface area contributed by atoms with Crippen LogP contribution in [0.5, 0.6) is 0 Å². The van der Waals surface area contributed by atoms with Gasteiger partial charge in [-0.2, -0.15) is 0 Å². The summed E-state index contributed by atoms with van der Waals surface area (Å²) in [5, 5.41) is 3.50. The summed E-state index contributed by atoms with van der Waals surface area (Å²) in [6.45, 7) is 11.9. The van der Waals surface area contributed by atoms with E-state index in [0.717, 1.165) is 23.7 Å². The molecule has 1 atom stereocenters. The average molecular weight is 197 g/mol. The third kappa shape index (κ3) is 4.00. The standard InChI is InChI=1S/C13H27N/c1-10(2)7-13(8-11(3)4)12-5-6-14-9-12/h10-14H,5-9H2,1-4H3. The monoisotopic (exact) mass is 197 g/mol. The Bertz CT molecular complexity index is 135. The maximum atomic E-state index is 3.50. The Labute approximate surface area is 89.7 Å². The molecule has 1 unspecified atom stereocenters. The Kier molecular flexibility index (Phi) is 4.94. The second-order valence-electron chi connectivity index (χ2n) is 5.77. The number of rotatable bonds is 5. The van der Waals surface area contributed by atoms with E-state index in [0.29, 0.717) is 0 Å². The lowest BCUT2D eigenvalue weighted by Gasteiger charge is -2.26. The van der Waals surface area contributed by atoms with Crippen LogP contribution in [0.4, 0.5) is 0 Å². The van der Waals surface area contributed by atoms with Crippen LogP contribution in [0.1, 0.15) is 47.0 Å². The van der Waals surface area contributed by atoms with Gasteiger partial charge < -0.3 is 5.32 Å². The lowest BCUT2D eigenvalue weighted by molar-refractivity contribution is 0.253. The van der Waals surface area contributed by atoms with Gasteiger partial charge in [0.05, 0.1) is 0 Å². The topological polar surface area (TPSA) is 12.0 Å². The van der Waals surface area contributed by atoms with E-state index >= 15 is 0 Å². The normalized spacial score (nSPS) is 22.9. The first-order valence-electron chi connectivity index (χ1n) is 6.30. The third-order valence-corrected chi connectivity index (χ3v) is 3.31. The molecule has 1 heteroatoms. The van der Waals surface area contributed by atoms with Gasteiger partial charge in [0.1, 0.15) is 0 Å². The molecule has 0 bridgehead atoms. The van der Waals surface area contributed by atoms with E-state index in [4.69, 9.17) is 0 Å². The van der Waals surface area contributed by atoms with Gasteiger partial charge in [-0.25, -0.2) is 0 Å². The molecule has 14 heavy (non-hydrogen) atoms. The van der Waals surface area contributed by atoms with Crippen molar-refractivity contribution < 1.29 is 0 Å². The molecule has 1 fully saturated rings. The van der Waals surface area contributed by atoms with Crippen LogP contribution in [-0.4, -0.2) is 13.1 Å². The van der Waals surface area contributed by atoms with E-state index in [9.17, 15) is 0 Å². The number of nitrogens with one attached hydrogen (secondary N) is 1. The molecule has 0 aromatic carbocycles. The third-order valence-electron chi connectivity index (χ3n) is 3.31. The van der Waals surface area contributed by atoms with Crippen LogP contribution in [0, 0.1) is 23.7 Å². The second kappa shape index (κ2) is 5.75. The van der Waals surface area contributed by atoms with E-state index in [2.05, 4.69) is 33.0 Å². The second-order valence-corrected chi connectivity index (χ2v) is 5.77. The van der Waals surface area contributed by atoms with Crippen molar-refractivity contribution in [1.82, 2.24) is 5.32 Å². The summed E-state index contributed by atoms with van der Waals surface area (Å²) in [6, 6.07) is 0. The molecule has 0 aromatic heterocycles. The summed E-state index contributed by atoms with van der Waals surface area (Å²) in [5.41, 5.74) is 0.